The summed E-state index contributed by atoms with van der Waals surface area (Å²) in [6.07, 6.45) is 6.13. The van der Waals surface area contributed by atoms with Crippen LogP contribution < -0.4 is 10.6 Å². The molecule has 0 spiro atoms. The number of aromatic nitrogens is 4. The number of hydrogen-bond donors (Lipinski definition) is 3. The molecule has 0 radical (unpaired) electrons. The van der Waals surface area contributed by atoms with Gasteiger partial charge in [-0.2, -0.15) is 5.10 Å². The Kier molecular flexibility index (Phi) is 5.69. The molecule has 2 bridgehead atoms. The Balaban J connectivity index is 1.31. The van der Waals surface area contributed by atoms with E-state index in [4.69, 9.17) is 0 Å². The summed E-state index contributed by atoms with van der Waals surface area (Å²) in [5, 5.41) is 20.5. The maximum Gasteiger partial charge on any atom is 0.309 e. The molecular formula is C25H29FN6O3. The maximum absolute atomic E-state index is 13.5. The lowest BCUT2D eigenvalue weighted by Crippen LogP contribution is -2.48. The van der Waals surface area contributed by atoms with Gasteiger partial charge < -0.3 is 15.7 Å². The van der Waals surface area contributed by atoms with Crippen molar-refractivity contribution in [2.45, 2.75) is 52.0 Å². The highest BCUT2D eigenvalue weighted by molar-refractivity contribution is 6.05. The number of carbonyl (C=O) groups excluding carboxylic acids is 1. The average molecular weight is 481 g/mol. The van der Waals surface area contributed by atoms with Crippen molar-refractivity contribution in [3.8, 4) is 0 Å². The SMILES string of the molecule is Cc1cc(CNC(=O)c2ncnc3c(NCC45CCC(C(=O)O)(CC4)CC5)nn(C)c23)ccc1F. The zero-order valence-electron chi connectivity index (χ0n) is 19.9. The summed E-state index contributed by atoms with van der Waals surface area (Å²) < 4.78 is 15.1. The van der Waals surface area contributed by atoms with Crippen LogP contribution in [-0.2, 0) is 18.4 Å². The van der Waals surface area contributed by atoms with Gasteiger partial charge in [0.2, 0.25) is 0 Å². The zero-order chi connectivity index (χ0) is 24.8. The van der Waals surface area contributed by atoms with E-state index in [0.29, 0.717) is 48.2 Å². The van der Waals surface area contributed by atoms with Crippen LogP contribution in [0.3, 0.4) is 0 Å². The third-order valence-electron chi connectivity index (χ3n) is 8.00. The third-order valence-corrected chi connectivity index (χ3v) is 8.00. The van der Waals surface area contributed by atoms with Crippen LogP contribution in [0, 0.1) is 23.6 Å². The number of nitrogens with one attached hydrogen (secondary N) is 2. The smallest absolute Gasteiger partial charge is 0.309 e. The van der Waals surface area contributed by atoms with E-state index in [-0.39, 0.29) is 29.4 Å². The Labute approximate surface area is 202 Å². The molecule has 0 aliphatic heterocycles. The van der Waals surface area contributed by atoms with E-state index in [1.807, 2.05) is 0 Å². The first-order valence-corrected chi connectivity index (χ1v) is 11.9. The van der Waals surface area contributed by atoms with E-state index in [1.165, 1.54) is 12.4 Å². The van der Waals surface area contributed by atoms with Crippen molar-refractivity contribution >= 4 is 28.7 Å². The number of benzene rings is 1. The second-order valence-electron chi connectivity index (χ2n) is 10.1. The fourth-order valence-electron chi connectivity index (χ4n) is 5.59. The molecule has 10 heteroatoms. The third kappa shape index (κ3) is 4.11. The van der Waals surface area contributed by atoms with Crippen molar-refractivity contribution in [3.05, 3.63) is 47.2 Å². The molecule has 6 rings (SSSR count). The van der Waals surface area contributed by atoms with Crippen LogP contribution in [0.4, 0.5) is 10.2 Å². The second-order valence-corrected chi connectivity index (χ2v) is 10.1. The van der Waals surface area contributed by atoms with Crippen molar-refractivity contribution in [1.82, 2.24) is 25.1 Å². The number of amides is 1. The molecule has 3 aromatic rings. The minimum absolute atomic E-state index is 0.0571. The van der Waals surface area contributed by atoms with Crippen molar-refractivity contribution < 1.29 is 19.1 Å². The second kappa shape index (κ2) is 8.58. The molecule has 184 valence electrons. The van der Waals surface area contributed by atoms with E-state index in [1.54, 1.807) is 30.8 Å². The number of nitrogens with zero attached hydrogens (tertiary/aromatic N) is 4. The minimum atomic E-state index is -0.661. The summed E-state index contributed by atoms with van der Waals surface area (Å²) in [5.74, 6) is -0.721. The quantitative estimate of drug-likeness (QED) is 0.472. The molecule has 3 fully saturated rings. The summed E-state index contributed by atoms with van der Waals surface area (Å²) in [4.78, 5) is 33.3. The van der Waals surface area contributed by atoms with Crippen LogP contribution in [0.15, 0.2) is 24.5 Å². The lowest BCUT2D eigenvalue weighted by atomic mass is 9.53. The van der Waals surface area contributed by atoms with Gasteiger partial charge in [-0.1, -0.05) is 12.1 Å². The summed E-state index contributed by atoms with van der Waals surface area (Å²) >= 11 is 0. The van der Waals surface area contributed by atoms with E-state index >= 15 is 0 Å². The number of halogens is 1. The molecule has 2 heterocycles. The summed E-state index contributed by atoms with van der Waals surface area (Å²) in [5.41, 5.74) is 2.14. The monoisotopic (exact) mass is 480 g/mol. The Morgan fingerprint density at radius 1 is 1.14 bits per heavy atom. The Morgan fingerprint density at radius 3 is 2.51 bits per heavy atom. The van der Waals surface area contributed by atoms with Gasteiger partial charge in [0.15, 0.2) is 11.5 Å². The highest BCUT2D eigenvalue weighted by Crippen LogP contribution is 2.56. The molecule has 0 unspecified atom stereocenters. The maximum atomic E-state index is 13.5. The largest absolute Gasteiger partial charge is 0.481 e. The van der Waals surface area contributed by atoms with Crippen LogP contribution in [0.25, 0.3) is 11.0 Å². The first-order valence-electron chi connectivity index (χ1n) is 11.9. The number of fused-ring (bicyclic) bond motifs is 4. The number of carbonyl (C=O) groups is 2. The minimum Gasteiger partial charge on any atom is -0.481 e. The van der Waals surface area contributed by atoms with Gasteiger partial charge in [0.05, 0.1) is 5.41 Å². The van der Waals surface area contributed by atoms with Gasteiger partial charge in [0, 0.05) is 20.1 Å². The molecular weight excluding hydrogens is 451 g/mol. The normalized spacial score (nSPS) is 23.4. The van der Waals surface area contributed by atoms with Gasteiger partial charge in [-0.05, 0) is 68.1 Å². The Bertz CT molecular complexity index is 1300. The highest BCUT2D eigenvalue weighted by atomic mass is 19.1. The van der Waals surface area contributed by atoms with Crippen LogP contribution in [0.1, 0.15) is 60.1 Å². The van der Waals surface area contributed by atoms with Gasteiger partial charge in [-0.15, -0.1) is 0 Å². The van der Waals surface area contributed by atoms with Crippen LogP contribution in [0.5, 0.6) is 0 Å². The number of carboxylic acids is 1. The fourth-order valence-corrected chi connectivity index (χ4v) is 5.59. The van der Waals surface area contributed by atoms with Crippen LogP contribution >= 0.6 is 0 Å². The van der Waals surface area contributed by atoms with E-state index < -0.39 is 11.4 Å². The van der Waals surface area contributed by atoms with Gasteiger partial charge in [-0.3, -0.25) is 14.3 Å². The fraction of sp³-hybridized carbons (Fsp3) is 0.480. The lowest BCUT2D eigenvalue weighted by Gasteiger charge is -2.51. The van der Waals surface area contributed by atoms with Gasteiger partial charge in [0.1, 0.15) is 23.2 Å². The van der Waals surface area contributed by atoms with E-state index in [2.05, 4.69) is 25.7 Å². The van der Waals surface area contributed by atoms with Gasteiger partial charge in [-0.25, -0.2) is 14.4 Å². The molecule has 3 aliphatic rings. The summed E-state index contributed by atoms with van der Waals surface area (Å²) in [6.45, 7) is 2.61. The standard InChI is InChI=1S/C25H29FN6O3/c1-15-11-16(3-4-17(15)26)12-27-22(33)19-20-18(29-14-30-19)21(31-32(20)2)28-13-24-5-8-25(9-6-24,10-7-24)23(34)35/h3-4,11,14H,5-10,12-13H2,1-2H3,(H,27,33)(H,28,31)(H,34,35). The van der Waals surface area contributed by atoms with E-state index in [9.17, 15) is 19.1 Å². The molecule has 2 aromatic heterocycles. The molecule has 1 amide bonds. The Morgan fingerprint density at radius 2 is 1.86 bits per heavy atom. The number of carboxylic acid groups (broad SMARTS) is 1. The molecule has 9 nitrogen and oxygen atoms in total. The first-order chi connectivity index (χ1) is 16.7. The van der Waals surface area contributed by atoms with Crippen LogP contribution in [0.2, 0.25) is 0 Å². The molecule has 3 aliphatic carbocycles. The molecule has 0 atom stereocenters. The van der Waals surface area contributed by atoms with Crippen molar-refractivity contribution in [3.63, 3.8) is 0 Å². The molecule has 35 heavy (non-hydrogen) atoms. The first kappa shape index (κ1) is 23.2. The van der Waals surface area contributed by atoms with Crippen molar-refractivity contribution in [2.24, 2.45) is 17.9 Å². The average Bonchev–Trinajstić information content (AvgIpc) is 3.20. The lowest BCUT2D eigenvalue weighted by molar-refractivity contribution is -0.158. The van der Waals surface area contributed by atoms with Crippen molar-refractivity contribution in [2.75, 3.05) is 11.9 Å². The van der Waals surface area contributed by atoms with Gasteiger partial charge in [0.25, 0.3) is 5.91 Å². The molecule has 1 aromatic carbocycles. The molecule has 3 saturated carbocycles. The van der Waals surface area contributed by atoms with Crippen molar-refractivity contribution in [1.29, 1.82) is 0 Å². The van der Waals surface area contributed by atoms with Gasteiger partial charge >= 0.3 is 5.97 Å². The van der Waals surface area contributed by atoms with E-state index in [0.717, 1.165) is 24.8 Å². The zero-order valence-corrected chi connectivity index (χ0v) is 19.9. The topological polar surface area (TPSA) is 122 Å². The predicted octanol–water partition coefficient (Wildman–Crippen LogP) is 3.58. The Hall–Kier alpha value is -3.56. The summed E-state index contributed by atoms with van der Waals surface area (Å²) in [7, 11) is 1.75. The number of hydrogen-bond acceptors (Lipinski definition) is 6. The molecule has 3 N–H and O–H groups in total. The molecule has 0 saturated heterocycles. The summed E-state index contributed by atoms with van der Waals surface area (Å²) in [6, 6.07) is 4.73. The predicted molar refractivity (Wildman–Crippen MR) is 127 cm³/mol. The highest BCUT2D eigenvalue weighted by Gasteiger charge is 2.52. The number of rotatable bonds is 7. The number of aryl methyl sites for hydroxylation is 2. The number of anilines is 1. The van der Waals surface area contributed by atoms with Crippen LogP contribution in [-0.4, -0.2) is 43.3 Å². The number of aliphatic carboxylic acids is 1.